The van der Waals surface area contributed by atoms with Crippen LogP contribution < -0.4 is 5.32 Å². The molecule has 0 amide bonds. The summed E-state index contributed by atoms with van der Waals surface area (Å²) in [6, 6.07) is 1.23. The predicted octanol–water partition coefficient (Wildman–Crippen LogP) is 2.97. The third kappa shape index (κ3) is 3.56. The van der Waals surface area contributed by atoms with Crippen molar-refractivity contribution in [1.29, 1.82) is 0 Å². The molecule has 1 aromatic rings. The lowest BCUT2D eigenvalue weighted by atomic mass is 9.95. The number of rotatable bonds is 4. The Kier molecular flexibility index (Phi) is 4.98. The molecule has 3 unspecified atom stereocenters. The van der Waals surface area contributed by atoms with Crippen LogP contribution in [0.25, 0.3) is 0 Å². The second-order valence-electron chi connectivity index (χ2n) is 5.94. The van der Waals surface area contributed by atoms with Gasteiger partial charge in [-0.15, -0.1) is 11.3 Å². The topological polar surface area (TPSA) is 28.2 Å². The molecule has 0 saturated carbocycles. The molecule has 0 bridgehead atoms. The average Bonchev–Trinajstić information content (AvgIpc) is 2.67. The van der Waals surface area contributed by atoms with Crippen molar-refractivity contribution in [2.24, 2.45) is 5.92 Å². The first-order valence-corrected chi connectivity index (χ1v) is 8.23. The molecule has 1 aliphatic heterocycles. The minimum Gasteiger partial charge on any atom is -0.311 e. The van der Waals surface area contributed by atoms with Crippen molar-refractivity contribution >= 4 is 11.3 Å². The van der Waals surface area contributed by atoms with E-state index in [1.165, 1.54) is 22.0 Å². The minimum atomic E-state index is 0.586. The molecule has 2 heterocycles. The molecular formula is C15H27N3S. The van der Waals surface area contributed by atoms with Gasteiger partial charge in [-0.05, 0) is 26.7 Å². The van der Waals surface area contributed by atoms with E-state index in [0.29, 0.717) is 12.1 Å². The monoisotopic (exact) mass is 281 g/mol. The molecule has 0 radical (unpaired) electrons. The second-order valence-corrected chi connectivity index (χ2v) is 7.23. The van der Waals surface area contributed by atoms with E-state index in [9.17, 15) is 0 Å². The highest BCUT2D eigenvalue weighted by Gasteiger charge is 2.29. The summed E-state index contributed by atoms with van der Waals surface area (Å²) in [5.41, 5.74) is 1.20. The van der Waals surface area contributed by atoms with Gasteiger partial charge >= 0.3 is 0 Å². The van der Waals surface area contributed by atoms with Gasteiger partial charge in [0.1, 0.15) is 5.01 Å². The molecule has 3 atom stereocenters. The van der Waals surface area contributed by atoms with Gasteiger partial charge in [0.05, 0.1) is 12.2 Å². The Morgan fingerprint density at radius 3 is 2.79 bits per heavy atom. The Hall–Kier alpha value is -0.450. The van der Waals surface area contributed by atoms with Crippen molar-refractivity contribution in [2.45, 2.75) is 59.7 Å². The van der Waals surface area contributed by atoms with Gasteiger partial charge in [0.2, 0.25) is 0 Å². The first kappa shape index (κ1) is 14.9. The van der Waals surface area contributed by atoms with E-state index in [2.05, 4.69) is 44.8 Å². The second kappa shape index (κ2) is 6.33. The first-order chi connectivity index (χ1) is 9.01. The molecule has 2 rings (SSSR count). The number of hydrogen-bond acceptors (Lipinski definition) is 4. The average molecular weight is 281 g/mol. The standard InChI is InChI=1S/C15H27N3S/c1-6-10(2)14-7-16-11(3)8-18(14)9-15-17-12(4)13(5)19-15/h10-11,14,16H,6-9H2,1-5H3. The molecule has 108 valence electrons. The van der Waals surface area contributed by atoms with Crippen LogP contribution in [0.3, 0.4) is 0 Å². The van der Waals surface area contributed by atoms with Gasteiger partial charge in [-0.3, -0.25) is 4.90 Å². The van der Waals surface area contributed by atoms with Crippen LogP contribution in [0.15, 0.2) is 0 Å². The molecule has 0 aliphatic carbocycles. The Bertz CT molecular complexity index is 396. The number of aryl methyl sites for hydroxylation is 2. The summed E-state index contributed by atoms with van der Waals surface area (Å²) in [4.78, 5) is 8.70. The van der Waals surface area contributed by atoms with Crippen LogP contribution in [0.1, 0.15) is 42.8 Å². The lowest BCUT2D eigenvalue weighted by Crippen LogP contribution is -2.57. The summed E-state index contributed by atoms with van der Waals surface area (Å²) in [7, 11) is 0. The maximum atomic E-state index is 4.71. The molecule has 19 heavy (non-hydrogen) atoms. The molecule has 1 aromatic heterocycles. The van der Waals surface area contributed by atoms with Gasteiger partial charge in [-0.2, -0.15) is 0 Å². The van der Waals surface area contributed by atoms with Crippen LogP contribution in [0.5, 0.6) is 0 Å². The summed E-state index contributed by atoms with van der Waals surface area (Å²) in [6.07, 6.45) is 1.24. The Labute approximate surface area is 121 Å². The quantitative estimate of drug-likeness (QED) is 0.919. The molecule has 1 N–H and O–H groups in total. The molecule has 4 heteroatoms. The highest BCUT2D eigenvalue weighted by atomic mass is 32.1. The number of nitrogens with one attached hydrogen (secondary N) is 1. The van der Waals surface area contributed by atoms with Crippen molar-refractivity contribution in [3.8, 4) is 0 Å². The van der Waals surface area contributed by atoms with E-state index in [1.54, 1.807) is 0 Å². The number of nitrogens with zero attached hydrogens (tertiary/aromatic N) is 2. The van der Waals surface area contributed by atoms with Gasteiger partial charge in [0.15, 0.2) is 0 Å². The van der Waals surface area contributed by atoms with E-state index in [-0.39, 0.29) is 0 Å². The van der Waals surface area contributed by atoms with Crippen LogP contribution in [0.2, 0.25) is 0 Å². The molecule has 1 saturated heterocycles. The summed E-state index contributed by atoms with van der Waals surface area (Å²) in [5, 5.41) is 4.90. The third-order valence-corrected chi connectivity index (χ3v) is 5.42. The largest absolute Gasteiger partial charge is 0.311 e. The third-order valence-electron chi connectivity index (χ3n) is 4.36. The summed E-state index contributed by atoms with van der Waals surface area (Å²) < 4.78 is 0. The van der Waals surface area contributed by atoms with Crippen molar-refractivity contribution in [3.63, 3.8) is 0 Å². The van der Waals surface area contributed by atoms with Crippen molar-refractivity contribution in [2.75, 3.05) is 13.1 Å². The fourth-order valence-electron chi connectivity index (χ4n) is 2.80. The number of hydrogen-bond donors (Lipinski definition) is 1. The lowest BCUT2D eigenvalue weighted by molar-refractivity contribution is 0.0884. The molecule has 1 aliphatic rings. The zero-order valence-electron chi connectivity index (χ0n) is 12.9. The SMILES string of the molecule is CCC(C)C1CNC(C)CN1Cc1nc(C)c(C)s1. The fraction of sp³-hybridized carbons (Fsp3) is 0.800. The van der Waals surface area contributed by atoms with E-state index in [4.69, 9.17) is 4.98 Å². The van der Waals surface area contributed by atoms with Crippen LogP contribution >= 0.6 is 11.3 Å². The highest BCUT2D eigenvalue weighted by molar-refractivity contribution is 7.11. The summed E-state index contributed by atoms with van der Waals surface area (Å²) in [6.45, 7) is 14.5. The van der Waals surface area contributed by atoms with Crippen LogP contribution in [0.4, 0.5) is 0 Å². The Balaban J connectivity index is 2.09. The van der Waals surface area contributed by atoms with Crippen LogP contribution in [0, 0.1) is 19.8 Å². The lowest BCUT2D eigenvalue weighted by Gasteiger charge is -2.41. The molecule has 1 fully saturated rings. The maximum absolute atomic E-state index is 4.71. The fourth-order valence-corrected chi connectivity index (χ4v) is 3.76. The molecule has 0 aromatic carbocycles. The normalized spacial score (nSPS) is 26.6. The van der Waals surface area contributed by atoms with Gasteiger partial charge in [-0.25, -0.2) is 4.98 Å². The van der Waals surface area contributed by atoms with E-state index in [1.807, 2.05) is 11.3 Å². The molecular weight excluding hydrogens is 254 g/mol. The summed E-state index contributed by atoms with van der Waals surface area (Å²) in [5.74, 6) is 0.738. The van der Waals surface area contributed by atoms with Crippen molar-refractivity contribution in [1.82, 2.24) is 15.2 Å². The zero-order chi connectivity index (χ0) is 14.0. The zero-order valence-corrected chi connectivity index (χ0v) is 13.7. The number of thiazole rings is 1. The van der Waals surface area contributed by atoms with Crippen molar-refractivity contribution < 1.29 is 0 Å². The highest BCUT2D eigenvalue weighted by Crippen LogP contribution is 2.23. The minimum absolute atomic E-state index is 0.586. The van der Waals surface area contributed by atoms with Gasteiger partial charge in [0.25, 0.3) is 0 Å². The number of aromatic nitrogens is 1. The van der Waals surface area contributed by atoms with Gasteiger partial charge < -0.3 is 5.32 Å². The smallest absolute Gasteiger partial charge is 0.107 e. The van der Waals surface area contributed by atoms with E-state index >= 15 is 0 Å². The molecule has 0 spiro atoms. The van der Waals surface area contributed by atoms with Gasteiger partial charge in [0, 0.05) is 30.1 Å². The van der Waals surface area contributed by atoms with Crippen LogP contribution in [-0.2, 0) is 6.54 Å². The summed E-state index contributed by atoms with van der Waals surface area (Å²) >= 11 is 1.86. The Morgan fingerprint density at radius 2 is 2.21 bits per heavy atom. The predicted molar refractivity (Wildman–Crippen MR) is 82.7 cm³/mol. The first-order valence-electron chi connectivity index (χ1n) is 7.41. The maximum Gasteiger partial charge on any atom is 0.107 e. The van der Waals surface area contributed by atoms with Gasteiger partial charge in [-0.1, -0.05) is 20.3 Å². The van der Waals surface area contributed by atoms with E-state index in [0.717, 1.165) is 25.6 Å². The van der Waals surface area contributed by atoms with Crippen molar-refractivity contribution in [3.05, 3.63) is 15.6 Å². The molecule has 3 nitrogen and oxygen atoms in total. The van der Waals surface area contributed by atoms with Crippen LogP contribution in [-0.4, -0.2) is 35.1 Å². The number of piperazine rings is 1. The Morgan fingerprint density at radius 1 is 1.47 bits per heavy atom. The van der Waals surface area contributed by atoms with E-state index < -0.39 is 0 Å².